The van der Waals surface area contributed by atoms with Gasteiger partial charge in [0.15, 0.2) is 5.83 Å². The molecule has 1 saturated heterocycles. The normalized spacial score (nSPS) is 22.5. The van der Waals surface area contributed by atoms with E-state index >= 15 is 0 Å². The fourth-order valence-corrected chi connectivity index (χ4v) is 1.69. The summed E-state index contributed by atoms with van der Waals surface area (Å²) in [6, 6.07) is 0. The van der Waals surface area contributed by atoms with E-state index in [2.05, 4.69) is 20.4 Å². The second-order valence-corrected chi connectivity index (χ2v) is 3.95. The molecule has 3 heteroatoms. The van der Waals surface area contributed by atoms with Crippen LogP contribution in [0.25, 0.3) is 0 Å². The van der Waals surface area contributed by atoms with Crippen LogP contribution in [0.5, 0.6) is 0 Å². The summed E-state index contributed by atoms with van der Waals surface area (Å²) in [7, 11) is 0. The number of hydrogen-bond donors (Lipinski definition) is 0. The molecule has 1 fully saturated rings. The first kappa shape index (κ1) is 10.2. The van der Waals surface area contributed by atoms with E-state index in [-0.39, 0.29) is 0 Å². The maximum Gasteiger partial charge on any atom is 0.281 e. The summed E-state index contributed by atoms with van der Waals surface area (Å²) in [6.07, 6.45) is 0.983. The van der Waals surface area contributed by atoms with Gasteiger partial charge in [0, 0.05) is 13.1 Å². The fraction of sp³-hybridized carbons (Fsp3) is 0.700. The summed E-state index contributed by atoms with van der Waals surface area (Å²) in [6.45, 7) is 8.62. The van der Waals surface area contributed by atoms with E-state index in [0.29, 0.717) is 24.9 Å². The molecule has 0 aliphatic carbocycles. The molecule has 74 valence electrons. The van der Waals surface area contributed by atoms with Crippen LogP contribution in [0.1, 0.15) is 20.3 Å². The van der Waals surface area contributed by atoms with Crippen LogP contribution in [-0.2, 0) is 4.79 Å². The number of rotatable bonds is 2. The van der Waals surface area contributed by atoms with Crippen molar-refractivity contribution in [2.24, 2.45) is 11.8 Å². The zero-order valence-electron chi connectivity index (χ0n) is 8.22. The third-order valence-electron chi connectivity index (χ3n) is 2.69. The molecule has 13 heavy (non-hydrogen) atoms. The van der Waals surface area contributed by atoms with Crippen LogP contribution in [0.3, 0.4) is 0 Å². The lowest BCUT2D eigenvalue weighted by molar-refractivity contribution is -0.127. The topological polar surface area (TPSA) is 20.3 Å². The zero-order chi connectivity index (χ0) is 10.0. The van der Waals surface area contributed by atoms with E-state index in [4.69, 9.17) is 0 Å². The first-order chi connectivity index (χ1) is 6.02. The summed E-state index contributed by atoms with van der Waals surface area (Å²) in [5.74, 6) is -0.304. The van der Waals surface area contributed by atoms with Gasteiger partial charge in [0.1, 0.15) is 0 Å². The molecule has 0 aromatic carbocycles. The molecule has 2 nitrogen and oxygen atoms in total. The molecule has 1 atom stereocenters. The lowest BCUT2D eigenvalue weighted by Gasteiger charge is -2.16. The molecule has 1 rings (SSSR count). The Morgan fingerprint density at radius 3 is 2.62 bits per heavy atom. The second kappa shape index (κ2) is 3.90. The standard InChI is InChI=1S/C10H16FNO/c1-7(2)9-4-5-12(6-9)10(13)8(3)11/h7,9H,3-6H2,1-2H3. The van der Waals surface area contributed by atoms with Gasteiger partial charge in [0.2, 0.25) is 0 Å². The highest BCUT2D eigenvalue weighted by molar-refractivity contribution is 5.90. The van der Waals surface area contributed by atoms with E-state index in [1.807, 2.05) is 0 Å². The van der Waals surface area contributed by atoms with Gasteiger partial charge in [-0.1, -0.05) is 20.4 Å². The van der Waals surface area contributed by atoms with E-state index in [9.17, 15) is 9.18 Å². The average molecular weight is 185 g/mol. The van der Waals surface area contributed by atoms with E-state index < -0.39 is 11.7 Å². The van der Waals surface area contributed by atoms with Crippen molar-refractivity contribution in [3.05, 3.63) is 12.4 Å². The van der Waals surface area contributed by atoms with Gasteiger partial charge < -0.3 is 4.90 Å². The van der Waals surface area contributed by atoms with Crippen LogP contribution >= 0.6 is 0 Å². The number of halogens is 1. The largest absolute Gasteiger partial charge is 0.336 e. The Morgan fingerprint density at radius 2 is 2.23 bits per heavy atom. The minimum Gasteiger partial charge on any atom is -0.336 e. The van der Waals surface area contributed by atoms with Crippen molar-refractivity contribution in [1.29, 1.82) is 0 Å². The summed E-state index contributed by atoms with van der Waals surface area (Å²) >= 11 is 0. The lowest BCUT2D eigenvalue weighted by Crippen LogP contribution is -2.29. The molecule has 0 aromatic heterocycles. The van der Waals surface area contributed by atoms with Crippen LogP contribution in [0.4, 0.5) is 4.39 Å². The highest BCUT2D eigenvalue weighted by atomic mass is 19.1. The number of carbonyl (C=O) groups is 1. The quantitative estimate of drug-likeness (QED) is 0.602. The average Bonchev–Trinajstić information content (AvgIpc) is 2.50. The third-order valence-corrected chi connectivity index (χ3v) is 2.69. The van der Waals surface area contributed by atoms with Gasteiger partial charge in [-0.25, -0.2) is 4.39 Å². The van der Waals surface area contributed by atoms with Crippen molar-refractivity contribution in [3.63, 3.8) is 0 Å². The number of nitrogens with zero attached hydrogens (tertiary/aromatic N) is 1. The van der Waals surface area contributed by atoms with Crippen molar-refractivity contribution in [3.8, 4) is 0 Å². The van der Waals surface area contributed by atoms with Crippen LogP contribution < -0.4 is 0 Å². The summed E-state index contributed by atoms with van der Waals surface area (Å²) in [5.41, 5.74) is 0. The van der Waals surface area contributed by atoms with Gasteiger partial charge in [-0.15, -0.1) is 0 Å². The van der Waals surface area contributed by atoms with Crippen LogP contribution in [0.2, 0.25) is 0 Å². The SMILES string of the molecule is C=C(F)C(=O)N1CCC(C(C)C)C1. The predicted octanol–water partition coefficient (Wildman–Crippen LogP) is 1.97. The van der Waals surface area contributed by atoms with Crippen molar-refractivity contribution < 1.29 is 9.18 Å². The Hall–Kier alpha value is -0.860. The van der Waals surface area contributed by atoms with Crippen molar-refractivity contribution >= 4 is 5.91 Å². The first-order valence-electron chi connectivity index (χ1n) is 4.66. The number of carbonyl (C=O) groups excluding carboxylic acids is 1. The molecule has 0 aromatic rings. The van der Waals surface area contributed by atoms with E-state index in [0.717, 1.165) is 6.42 Å². The summed E-state index contributed by atoms with van der Waals surface area (Å²) in [5, 5.41) is 0. The lowest BCUT2D eigenvalue weighted by atomic mass is 9.95. The fourth-order valence-electron chi connectivity index (χ4n) is 1.69. The van der Waals surface area contributed by atoms with Crippen molar-refractivity contribution in [2.45, 2.75) is 20.3 Å². The molecule has 0 N–H and O–H groups in total. The molecule has 1 unspecified atom stereocenters. The van der Waals surface area contributed by atoms with Crippen LogP contribution in [0.15, 0.2) is 12.4 Å². The van der Waals surface area contributed by atoms with Gasteiger partial charge in [-0.2, -0.15) is 0 Å². The molecule has 1 aliphatic heterocycles. The molecule has 1 amide bonds. The molecular weight excluding hydrogens is 169 g/mol. The molecule has 0 spiro atoms. The molecular formula is C10H16FNO. The molecule has 0 saturated carbocycles. The Morgan fingerprint density at radius 1 is 1.62 bits per heavy atom. The van der Waals surface area contributed by atoms with E-state index in [1.165, 1.54) is 0 Å². The molecule has 1 aliphatic rings. The Bertz CT molecular complexity index is 225. The van der Waals surface area contributed by atoms with Crippen LogP contribution in [-0.4, -0.2) is 23.9 Å². The molecule has 0 bridgehead atoms. The van der Waals surface area contributed by atoms with Crippen molar-refractivity contribution in [2.75, 3.05) is 13.1 Å². The van der Waals surface area contributed by atoms with Crippen molar-refractivity contribution in [1.82, 2.24) is 4.90 Å². The van der Waals surface area contributed by atoms with Gasteiger partial charge in [0.05, 0.1) is 0 Å². The Labute approximate surface area is 78.4 Å². The first-order valence-corrected chi connectivity index (χ1v) is 4.66. The van der Waals surface area contributed by atoms with Gasteiger partial charge in [-0.3, -0.25) is 4.79 Å². The van der Waals surface area contributed by atoms with Crippen LogP contribution in [0, 0.1) is 11.8 Å². The molecule has 1 heterocycles. The highest BCUT2D eigenvalue weighted by Crippen LogP contribution is 2.24. The smallest absolute Gasteiger partial charge is 0.281 e. The van der Waals surface area contributed by atoms with Gasteiger partial charge >= 0.3 is 0 Å². The highest BCUT2D eigenvalue weighted by Gasteiger charge is 2.28. The Balaban J connectivity index is 2.50. The van der Waals surface area contributed by atoms with Gasteiger partial charge in [-0.05, 0) is 18.3 Å². The second-order valence-electron chi connectivity index (χ2n) is 3.95. The monoisotopic (exact) mass is 185 g/mol. The summed E-state index contributed by atoms with van der Waals surface area (Å²) < 4.78 is 12.5. The third kappa shape index (κ3) is 2.29. The predicted molar refractivity (Wildman–Crippen MR) is 49.8 cm³/mol. The zero-order valence-corrected chi connectivity index (χ0v) is 8.22. The summed E-state index contributed by atoms with van der Waals surface area (Å²) in [4.78, 5) is 12.7. The Kier molecular flexibility index (Phi) is 3.07. The van der Waals surface area contributed by atoms with E-state index in [1.54, 1.807) is 4.90 Å². The minimum absolute atomic E-state index is 0.517. The minimum atomic E-state index is -0.843. The molecule has 0 radical (unpaired) electrons. The number of hydrogen-bond acceptors (Lipinski definition) is 1. The maximum atomic E-state index is 12.5. The van der Waals surface area contributed by atoms with Gasteiger partial charge in [0.25, 0.3) is 5.91 Å². The number of likely N-dealkylation sites (tertiary alicyclic amines) is 1. The number of amides is 1. The maximum absolute atomic E-state index is 12.5.